The molecule has 0 aliphatic carbocycles. The third kappa shape index (κ3) is 1.77. The number of rotatable bonds is 2. The van der Waals surface area contributed by atoms with Crippen LogP contribution in [0.3, 0.4) is 0 Å². The Morgan fingerprint density at radius 1 is 1.71 bits per heavy atom. The zero-order valence-corrected chi connectivity index (χ0v) is 9.55. The van der Waals surface area contributed by atoms with Crippen molar-refractivity contribution in [3.63, 3.8) is 0 Å². The van der Waals surface area contributed by atoms with E-state index in [-0.39, 0.29) is 6.04 Å². The fourth-order valence-electron chi connectivity index (χ4n) is 1.84. The maximum absolute atomic E-state index is 5.81. The molecule has 78 valence electrons. The molecule has 0 saturated carbocycles. The number of thiazole rings is 1. The highest BCUT2D eigenvalue weighted by molar-refractivity contribution is 7.15. The van der Waals surface area contributed by atoms with Crippen LogP contribution >= 0.6 is 11.3 Å². The second kappa shape index (κ2) is 3.87. The quantitative estimate of drug-likeness (QED) is 0.815. The molecular weight excluding hydrogens is 194 g/mol. The van der Waals surface area contributed by atoms with Gasteiger partial charge in [-0.15, -0.1) is 11.3 Å². The summed E-state index contributed by atoms with van der Waals surface area (Å²) in [6, 6.07) is 0.751. The van der Waals surface area contributed by atoms with Crippen molar-refractivity contribution < 1.29 is 0 Å². The number of anilines is 1. The van der Waals surface area contributed by atoms with Gasteiger partial charge in [0.2, 0.25) is 0 Å². The fourth-order valence-corrected chi connectivity index (χ4v) is 2.83. The fraction of sp³-hybridized carbons (Fsp3) is 0.700. The van der Waals surface area contributed by atoms with Crippen LogP contribution in [-0.4, -0.2) is 17.6 Å². The minimum atomic E-state index is 0.110. The van der Waals surface area contributed by atoms with Crippen molar-refractivity contribution in [3.8, 4) is 0 Å². The molecule has 2 N–H and O–H groups in total. The van der Waals surface area contributed by atoms with Crippen LogP contribution in [0.5, 0.6) is 0 Å². The summed E-state index contributed by atoms with van der Waals surface area (Å²) in [6.07, 6.45) is 4.48. The summed E-state index contributed by atoms with van der Waals surface area (Å²) in [4.78, 5) is 8.00. The van der Waals surface area contributed by atoms with E-state index in [9.17, 15) is 0 Å². The van der Waals surface area contributed by atoms with Gasteiger partial charge in [-0.2, -0.15) is 0 Å². The van der Waals surface area contributed by atoms with E-state index >= 15 is 0 Å². The molecule has 2 heterocycles. The Labute approximate surface area is 88.9 Å². The number of nitrogens with two attached hydrogens (primary N) is 1. The molecule has 14 heavy (non-hydrogen) atoms. The van der Waals surface area contributed by atoms with Crippen molar-refractivity contribution in [1.82, 2.24) is 4.98 Å². The predicted octanol–water partition coefficient (Wildman–Crippen LogP) is 2.15. The van der Waals surface area contributed by atoms with E-state index in [4.69, 9.17) is 5.73 Å². The summed E-state index contributed by atoms with van der Waals surface area (Å²) >= 11 is 1.73. The largest absolute Gasteiger partial charge is 0.345 e. The molecule has 1 fully saturated rings. The monoisotopic (exact) mass is 211 g/mol. The first kappa shape index (κ1) is 9.93. The lowest BCUT2D eigenvalue weighted by Crippen LogP contribution is -2.25. The molecule has 0 amide bonds. The van der Waals surface area contributed by atoms with Gasteiger partial charge in [-0.25, -0.2) is 4.98 Å². The smallest absolute Gasteiger partial charge is 0.185 e. The van der Waals surface area contributed by atoms with E-state index in [2.05, 4.69) is 16.8 Å². The van der Waals surface area contributed by atoms with Crippen molar-refractivity contribution >= 4 is 16.5 Å². The van der Waals surface area contributed by atoms with Crippen LogP contribution in [-0.2, 0) is 0 Å². The zero-order valence-electron chi connectivity index (χ0n) is 8.73. The first-order valence-corrected chi connectivity index (χ1v) is 5.98. The lowest BCUT2D eigenvalue weighted by atomic mass is 10.2. The van der Waals surface area contributed by atoms with Gasteiger partial charge in [0.25, 0.3) is 0 Å². The van der Waals surface area contributed by atoms with Crippen LogP contribution in [0.4, 0.5) is 5.13 Å². The summed E-state index contributed by atoms with van der Waals surface area (Å²) in [6.45, 7) is 5.41. The third-order valence-corrected chi connectivity index (χ3v) is 3.99. The van der Waals surface area contributed by atoms with Crippen molar-refractivity contribution in [3.05, 3.63) is 11.1 Å². The van der Waals surface area contributed by atoms with Gasteiger partial charge in [0, 0.05) is 29.7 Å². The van der Waals surface area contributed by atoms with Crippen molar-refractivity contribution in [2.75, 3.05) is 11.4 Å². The van der Waals surface area contributed by atoms with Gasteiger partial charge < -0.3 is 10.6 Å². The second-order valence-corrected chi connectivity index (χ2v) is 5.06. The summed E-state index contributed by atoms with van der Waals surface area (Å²) in [7, 11) is 0. The molecule has 2 rings (SSSR count). The Kier molecular flexibility index (Phi) is 2.74. The number of aromatic nitrogens is 1. The van der Waals surface area contributed by atoms with E-state index < -0.39 is 0 Å². The lowest BCUT2D eigenvalue weighted by Gasteiger charge is -2.19. The first-order valence-electron chi connectivity index (χ1n) is 5.16. The van der Waals surface area contributed by atoms with Gasteiger partial charge in [-0.05, 0) is 26.7 Å². The van der Waals surface area contributed by atoms with E-state index in [1.165, 1.54) is 17.7 Å². The van der Waals surface area contributed by atoms with Gasteiger partial charge in [-0.3, -0.25) is 0 Å². The van der Waals surface area contributed by atoms with E-state index in [0.29, 0.717) is 6.04 Å². The van der Waals surface area contributed by atoms with Gasteiger partial charge in [0.05, 0.1) is 0 Å². The molecule has 2 atom stereocenters. The van der Waals surface area contributed by atoms with Crippen LogP contribution in [0.15, 0.2) is 6.20 Å². The maximum atomic E-state index is 5.81. The molecule has 4 heteroatoms. The average Bonchev–Trinajstić information content (AvgIpc) is 2.71. The Balaban J connectivity index is 2.16. The first-order chi connectivity index (χ1) is 6.68. The second-order valence-electron chi connectivity index (χ2n) is 4.02. The average molecular weight is 211 g/mol. The molecule has 1 saturated heterocycles. The third-order valence-electron chi connectivity index (χ3n) is 2.76. The Morgan fingerprint density at radius 2 is 2.50 bits per heavy atom. The topological polar surface area (TPSA) is 42.1 Å². The summed E-state index contributed by atoms with van der Waals surface area (Å²) in [5.74, 6) is 0. The summed E-state index contributed by atoms with van der Waals surface area (Å²) < 4.78 is 0. The normalized spacial score (nSPS) is 24.2. The number of nitrogens with zero attached hydrogens (tertiary/aromatic N) is 2. The van der Waals surface area contributed by atoms with Crippen LogP contribution in [0.25, 0.3) is 0 Å². The molecule has 0 bridgehead atoms. The summed E-state index contributed by atoms with van der Waals surface area (Å²) in [5, 5.41) is 1.14. The van der Waals surface area contributed by atoms with Gasteiger partial charge in [0.15, 0.2) is 5.13 Å². The molecule has 3 nitrogen and oxygen atoms in total. The van der Waals surface area contributed by atoms with E-state index in [0.717, 1.165) is 11.7 Å². The molecule has 0 radical (unpaired) electrons. The highest BCUT2D eigenvalue weighted by atomic mass is 32.1. The standard InChI is InChI=1S/C10H17N3S/c1-7-4-3-5-13(7)10-12-6-9(14-10)8(2)11/h6-8H,3-5,11H2,1-2H3. The zero-order chi connectivity index (χ0) is 10.1. The number of hydrogen-bond acceptors (Lipinski definition) is 4. The highest BCUT2D eigenvalue weighted by Crippen LogP contribution is 2.31. The van der Waals surface area contributed by atoms with Gasteiger partial charge >= 0.3 is 0 Å². The SMILES string of the molecule is CC(N)c1cnc(N2CCCC2C)s1. The van der Waals surface area contributed by atoms with Crippen LogP contribution < -0.4 is 10.6 Å². The van der Waals surface area contributed by atoms with Crippen LogP contribution in [0.1, 0.15) is 37.6 Å². The summed E-state index contributed by atoms with van der Waals surface area (Å²) in [5.41, 5.74) is 5.81. The van der Waals surface area contributed by atoms with E-state index in [1.54, 1.807) is 11.3 Å². The van der Waals surface area contributed by atoms with Crippen LogP contribution in [0, 0.1) is 0 Å². The minimum absolute atomic E-state index is 0.110. The van der Waals surface area contributed by atoms with Crippen LogP contribution in [0.2, 0.25) is 0 Å². The van der Waals surface area contributed by atoms with E-state index in [1.807, 2.05) is 13.1 Å². The Hall–Kier alpha value is -0.610. The van der Waals surface area contributed by atoms with Gasteiger partial charge in [-0.1, -0.05) is 0 Å². The molecule has 2 unspecified atom stereocenters. The number of hydrogen-bond donors (Lipinski definition) is 1. The molecule has 1 aromatic rings. The molecule has 1 aliphatic rings. The van der Waals surface area contributed by atoms with Gasteiger partial charge in [0.1, 0.15) is 0 Å². The van der Waals surface area contributed by atoms with Crippen molar-refractivity contribution in [2.45, 2.75) is 38.8 Å². The lowest BCUT2D eigenvalue weighted by molar-refractivity contribution is 0.733. The molecule has 1 aromatic heterocycles. The minimum Gasteiger partial charge on any atom is -0.345 e. The molecule has 0 spiro atoms. The maximum Gasteiger partial charge on any atom is 0.185 e. The Morgan fingerprint density at radius 3 is 3.00 bits per heavy atom. The molecule has 1 aliphatic heterocycles. The molecule has 0 aromatic carbocycles. The molecular formula is C10H17N3S. The van der Waals surface area contributed by atoms with Crippen molar-refractivity contribution in [2.24, 2.45) is 5.73 Å². The van der Waals surface area contributed by atoms with Crippen molar-refractivity contribution in [1.29, 1.82) is 0 Å². The Bertz CT molecular complexity index is 308. The predicted molar refractivity (Wildman–Crippen MR) is 60.8 cm³/mol. The highest BCUT2D eigenvalue weighted by Gasteiger charge is 2.23.